The van der Waals surface area contributed by atoms with Crippen LogP contribution in [-0.4, -0.2) is 25.3 Å². The van der Waals surface area contributed by atoms with Gasteiger partial charge in [-0.25, -0.2) is 4.89 Å². The number of allylic oxidation sites excluding steroid dienone is 2. The Morgan fingerprint density at radius 2 is 1.69 bits per heavy atom. The van der Waals surface area contributed by atoms with E-state index in [1.165, 1.54) is 51.4 Å². The molecule has 1 heterocycles. The van der Waals surface area contributed by atoms with Gasteiger partial charge in [-0.15, -0.1) is 0 Å². The van der Waals surface area contributed by atoms with E-state index >= 15 is 0 Å². The van der Waals surface area contributed by atoms with Gasteiger partial charge in [0.2, 0.25) is 0 Å². The summed E-state index contributed by atoms with van der Waals surface area (Å²) in [4.78, 5) is 10.8. The Labute approximate surface area is 214 Å². The third kappa shape index (κ3) is 3.99. The lowest BCUT2D eigenvalue weighted by atomic mass is 9.38. The highest BCUT2D eigenvalue weighted by atomic mass is 17.3. The summed E-state index contributed by atoms with van der Waals surface area (Å²) in [5.74, 6) is 0.827. The van der Waals surface area contributed by atoms with Crippen molar-refractivity contribution in [2.75, 3.05) is 7.11 Å². The van der Waals surface area contributed by atoms with Gasteiger partial charge in [-0.05, 0) is 111 Å². The number of rotatable bonds is 4. The summed E-state index contributed by atoms with van der Waals surface area (Å²) in [6.07, 6.45) is 15.3. The molecule has 1 aliphatic heterocycles. The number of ether oxygens (including phenoxy) is 2. The van der Waals surface area contributed by atoms with E-state index in [1.807, 2.05) is 26.5 Å². The third-order valence-electron chi connectivity index (χ3n) is 12.2. The minimum atomic E-state index is -0.626. The molecular weight excluding hydrogens is 436 g/mol. The van der Waals surface area contributed by atoms with Crippen LogP contribution in [0, 0.1) is 38.9 Å². The van der Waals surface area contributed by atoms with E-state index in [0.717, 1.165) is 24.7 Å². The van der Waals surface area contributed by atoms with Crippen LogP contribution in [0.4, 0.5) is 0 Å². The Hall–Kier alpha value is -0.420. The van der Waals surface area contributed by atoms with Crippen molar-refractivity contribution in [1.82, 2.24) is 0 Å². The summed E-state index contributed by atoms with van der Waals surface area (Å²) in [5, 5.41) is 0. The molecule has 4 aliphatic carbocycles. The third-order valence-corrected chi connectivity index (χ3v) is 12.2. The van der Waals surface area contributed by atoms with Crippen molar-refractivity contribution < 1.29 is 19.2 Å². The fourth-order valence-corrected chi connectivity index (χ4v) is 10.0. The van der Waals surface area contributed by atoms with Crippen LogP contribution in [0.1, 0.15) is 120 Å². The molecule has 0 amide bonds. The summed E-state index contributed by atoms with van der Waals surface area (Å²) >= 11 is 0. The lowest BCUT2D eigenvalue weighted by Gasteiger charge is -2.67. The van der Waals surface area contributed by atoms with Crippen LogP contribution < -0.4 is 0 Å². The minimum absolute atomic E-state index is 0.235. The Morgan fingerprint density at radius 3 is 2.34 bits per heavy atom. The molecule has 8 atom stereocenters. The van der Waals surface area contributed by atoms with Gasteiger partial charge in [0.1, 0.15) is 0 Å². The summed E-state index contributed by atoms with van der Waals surface area (Å²) in [5.41, 5.74) is 3.47. The van der Waals surface area contributed by atoms with Gasteiger partial charge in [0, 0.05) is 13.5 Å². The lowest BCUT2D eigenvalue weighted by Crippen LogP contribution is -2.59. The van der Waals surface area contributed by atoms with E-state index in [-0.39, 0.29) is 11.7 Å². The lowest BCUT2D eigenvalue weighted by molar-refractivity contribution is -0.321. The van der Waals surface area contributed by atoms with Gasteiger partial charge in [-0.1, -0.05) is 53.2 Å². The van der Waals surface area contributed by atoms with E-state index in [9.17, 15) is 0 Å². The zero-order chi connectivity index (χ0) is 25.5. The van der Waals surface area contributed by atoms with Crippen LogP contribution in [0.15, 0.2) is 11.6 Å². The molecule has 4 heteroatoms. The second-order valence-electron chi connectivity index (χ2n) is 15.2. The van der Waals surface area contributed by atoms with Crippen molar-refractivity contribution in [2.24, 2.45) is 38.9 Å². The Bertz CT molecular complexity index is 862. The molecule has 4 nitrogen and oxygen atoms in total. The van der Waals surface area contributed by atoms with E-state index < -0.39 is 5.79 Å². The summed E-state index contributed by atoms with van der Waals surface area (Å²) in [7, 11) is 1.92. The van der Waals surface area contributed by atoms with E-state index in [4.69, 9.17) is 19.2 Å². The largest absolute Gasteiger partial charge is 0.381 e. The molecule has 0 radical (unpaired) electrons. The molecule has 35 heavy (non-hydrogen) atoms. The highest BCUT2D eigenvalue weighted by Gasteiger charge is 2.63. The van der Waals surface area contributed by atoms with Gasteiger partial charge in [0.05, 0.1) is 6.10 Å². The van der Waals surface area contributed by atoms with Crippen LogP contribution in [0.5, 0.6) is 0 Å². The molecule has 0 spiro atoms. The maximum Gasteiger partial charge on any atom is 0.199 e. The Balaban J connectivity index is 1.36. The number of hydrogen-bond acceptors (Lipinski definition) is 4. The second-order valence-corrected chi connectivity index (χ2v) is 15.2. The molecule has 3 saturated carbocycles. The summed E-state index contributed by atoms with van der Waals surface area (Å²) < 4.78 is 11.9. The molecular formula is C31H52O4. The summed E-state index contributed by atoms with van der Waals surface area (Å²) in [6.45, 7) is 19.2. The first-order valence-electron chi connectivity index (χ1n) is 14.4. The van der Waals surface area contributed by atoms with Crippen molar-refractivity contribution in [2.45, 2.75) is 138 Å². The first-order chi connectivity index (χ1) is 16.2. The predicted molar refractivity (Wildman–Crippen MR) is 139 cm³/mol. The van der Waals surface area contributed by atoms with E-state index in [0.29, 0.717) is 27.8 Å². The zero-order valence-electron chi connectivity index (χ0n) is 24.1. The Morgan fingerprint density at radius 1 is 0.943 bits per heavy atom. The molecule has 0 N–H and O–H groups in total. The van der Waals surface area contributed by atoms with E-state index in [1.54, 1.807) is 0 Å². The smallest absolute Gasteiger partial charge is 0.199 e. The van der Waals surface area contributed by atoms with Gasteiger partial charge < -0.3 is 9.47 Å². The maximum atomic E-state index is 6.01. The van der Waals surface area contributed by atoms with Crippen LogP contribution in [-0.2, 0) is 19.2 Å². The molecule has 5 rings (SSSR count). The molecule has 200 valence electrons. The highest BCUT2D eigenvalue weighted by molar-refractivity contribution is 5.32. The standard InChI is InChI=1S/C31H52O4/c1-26(2)23-11-10-22-21(30(23,7)17-13-24(26)32-9)12-16-29(6)20-28(5,18-19-31(22,29)8)15-14-25-33-27(3,4)35-34-25/h12,22-25H,10-11,13-20H2,1-9H3/t22-,23+,24+,25?,28-,29+,30-,31-/m1/s1. The number of fused-ring (bicyclic) bond motifs is 5. The first-order valence-corrected chi connectivity index (χ1v) is 14.4. The molecule has 4 fully saturated rings. The van der Waals surface area contributed by atoms with Gasteiger partial charge in [0.25, 0.3) is 0 Å². The van der Waals surface area contributed by atoms with Gasteiger partial charge in [0.15, 0.2) is 12.1 Å². The fourth-order valence-electron chi connectivity index (χ4n) is 10.0. The van der Waals surface area contributed by atoms with Crippen molar-refractivity contribution in [1.29, 1.82) is 0 Å². The van der Waals surface area contributed by atoms with Crippen LogP contribution in [0.3, 0.4) is 0 Å². The number of hydrogen-bond donors (Lipinski definition) is 0. The first kappa shape index (κ1) is 26.2. The average Bonchev–Trinajstić information content (AvgIpc) is 3.12. The van der Waals surface area contributed by atoms with Crippen LogP contribution >= 0.6 is 0 Å². The predicted octanol–water partition coefficient (Wildman–Crippen LogP) is 8.21. The van der Waals surface area contributed by atoms with Crippen LogP contribution in [0.25, 0.3) is 0 Å². The van der Waals surface area contributed by atoms with Gasteiger partial charge in [-0.2, -0.15) is 4.89 Å². The monoisotopic (exact) mass is 488 g/mol. The highest BCUT2D eigenvalue weighted by Crippen LogP contribution is 2.72. The number of methoxy groups -OCH3 is 1. The van der Waals surface area contributed by atoms with E-state index in [2.05, 4.69) is 47.6 Å². The molecule has 1 saturated heterocycles. The van der Waals surface area contributed by atoms with Crippen molar-refractivity contribution in [3.05, 3.63) is 11.6 Å². The van der Waals surface area contributed by atoms with Crippen molar-refractivity contribution in [3.8, 4) is 0 Å². The molecule has 0 aromatic heterocycles. The van der Waals surface area contributed by atoms with Gasteiger partial charge >= 0.3 is 0 Å². The molecule has 5 aliphatic rings. The zero-order valence-corrected chi connectivity index (χ0v) is 24.1. The minimum Gasteiger partial charge on any atom is -0.381 e. The molecule has 0 aromatic carbocycles. The normalized spacial score (nSPS) is 50.6. The SMILES string of the molecule is CO[C@H]1CC[C@]2(C)C3=CC[C@@]4(C)C[C@](C)(CCC5OOC(C)(C)O5)CC[C@]4(C)[C@@H]3CC[C@H]2C1(C)C. The maximum absolute atomic E-state index is 6.01. The Kier molecular flexibility index (Phi) is 6.20. The topological polar surface area (TPSA) is 36.9 Å². The fraction of sp³-hybridized carbons (Fsp3) is 0.935. The van der Waals surface area contributed by atoms with Crippen molar-refractivity contribution >= 4 is 0 Å². The quantitative estimate of drug-likeness (QED) is 0.295. The van der Waals surface area contributed by atoms with Crippen LogP contribution in [0.2, 0.25) is 0 Å². The summed E-state index contributed by atoms with van der Waals surface area (Å²) in [6, 6.07) is 0. The average molecular weight is 489 g/mol. The van der Waals surface area contributed by atoms with Gasteiger partial charge in [-0.3, -0.25) is 0 Å². The van der Waals surface area contributed by atoms with Crippen molar-refractivity contribution in [3.63, 3.8) is 0 Å². The molecule has 0 aromatic rings. The molecule has 0 bridgehead atoms. The second kappa shape index (κ2) is 8.29. The molecule has 1 unspecified atom stereocenters.